The number of ether oxygens (including phenoxy) is 17. The number of carboxylic acids is 2. The van der Waals surface area contributed by atoms with Crippen molar-refractivity contribution in [1.29, 1.82) is 0 Å². The molecule has 5 rings (SSSR count). The van der Waals surface area contributed by atoms with Crippen molar-refractivity contribution in [2.45, 2.75) is 160 Å². The topological polar surface area (TPSA) is 471 Å². The van der Waals surface area contributed by atoms with E-state index in [2.05, 4.69) is 4.18 Å². The zero-order chi connectivity index (χ0) is 56.6. The largest absolute Gasteiger partial charge is 0.726 e. The van der Waals surface area contributed by atoms with E-state index in [0.29, 0.717) is 0 Å². The van der Waals surface area contributed by atoms with Crippen LogP contribution in [0.25, 0.3) is 0 Å². The molecule has 76 heavy (non-hydrogen) atoms. The fourth-order valence-electron chi connectivity index (χ4n) is 9.82. The molecule has 0 aromatic carbocycles. The Bertz CT molecular complexity index is 2040. The van der Waals surface area contributed by atoms with Crippen molar-refractivity contribution in [2.75, 3.05) is 83.2 Å². The standard InChI is InChI=1S/C40H69NO33S2/c1-56-21-14(9-10-41)65-17(13-64-75(50,51)52)23(29(21)74-76(53,54)55)69-40-34(63-8)25(59-4)27(30(73-40)35(46)47)70-37-19(45)18(44)20(15(11-42)66-37)68-39-33(62-7)26(60-5)28(31(72-39)36(48)49)71-38-32(61-6)24(58-3)22(57-2)16(12-43)67-38/h14-34,37-40,42-45H,9-13,41H2,1-8H3,(H,46,47)(H,48,49)(H,50,51,52)(H,53,54,55)/p-2/t14-,15-,16-,17-,18-,19-,20-,21+,22-,23-,24+,25+,26+,27+,28+,29-,30-,31+,32-,33-,34-,37-,38-,39-,40-/m1/s1. The second-order valence-electron chi connectivity index (χ2n) is 17.4. The number of carbonyl (C=O) groups is 2. The number of carboxylic acid groups (broad SMARTS) is 2. The minimum atomic E-state index is -5.67. The van der Waals surface area contributed by atoms with Crippen LogP contribution in [0.15, 0.2) is 0 Å². The second kappa shape index (κ2) is 28.5. The van der Waals surface area contributed by atoms with Gasteiger partial charge in [0.2, 0.25) is 20.8 Å². The fourth-order valence-corrected chi connectivity index (χ4v) is 10.6. The summed E-state index contributed by atoms with van der Waals surface area (Å²) in [6, 6.07) is 0. The molecule has 0 unspecified atom stereocenters. The Morgan fingerprint density at radius 1 is 0.461 bits per heavy atom. The summed E-state index contributed by atoms with van der Waals surface area (Å²) in [5.41, 5.74) is 5.68. The minimum Gasteiger partial charge on any atom is -0.726 e. The maximum absolute atomic E-state index is 13.0. The summed E-state index contributed by atoms with van der Waals surface area (Å²) < 4.78 is 178. The summed E-state index contributed by atoms with van der Waals surface area (Å²) >= 11 is 0. The van der Waals surface area contributed by atoms with Gasteiger partial charge < -0.3 is 126 Å². The van der Waals surface area contributed by atoms with Gasteiger partial charge in [-0.1, -0.05) is 0 Å². The number of aliphatic hydroxyl groups excluding tert-OH is 4. The van der Waals surface area contributed by atoms with E-state index in [1.54, 1.807) is 0 Å². The van der Waals surface area contributed by atoms with E-state index >= 15 is 0 Å². The third-order valence-electron chi connectivity index (χ3n) is 13.2. The smallest absolute Gasteiger partial charge is 0.335 e. The van der Waals surface area contributed by atoms with Gasteiger partial charge in [0.05, 0.1) is 25.9 Å². The van der Waals surface area contributed by atoms with Crippen molar-refractivity contribution in [1.82, 2.24) is 0 Å². The molecule has 0 aromatic heterocycles. The summed E-state index contributed by atoms with van der Waals surface area (Å²) in [5, 5.41) is 64.9. The third kappa shape index (κ3) is 14.8. The van der Waals surface area contributed by atoms with E-state index in [9.17, 15) is 66.2 Å². The van der Waals surface area contributed by atoms with Crippen LogP contribution in [0.2, 0.25) is 0 Å². The van der Waals surface area contributed by atoms with Crippen LogP contribution in [-0.4, -0.2) is 305 Å². The molecule has 5 aliphatic heterocycles. The molecule has 5 heterocycles. The van der Waals surface area contributed by atoms with Crippen LogP contribution in [0.5, 0.6) is 0 Å². The van der Waals surface area contributed by atoms with Crippen molar-refractivity contribution < 1.29 is 155 Å². The molecule has 5 fully saturated rings. The maximum Gasteiger partial charge on any atom is 0.335 e. The molecule has 5 saturated heterocycles. The number of hydrogen-bond donors (Lipinski definition) is 7. The molecule has 25 atom stereocenters. The molecule has 0 amide bonds. The minimum absolute atomic E-state index is 0.130. The Morgan fingerprint density at radius 3 is 1.25 bits per heavy atom. The van der Waals surface area contributed by atoms with Crippen LogP contribution < -0.4 is 5.73 Å². The molecule has 8 N–H and O–H groups in total. The first-order chi connectivity index (χ1) is 35.9. The number of methoxy groups -OCH3 is 8. The van der Waals surface area contributed by atoms with Gasteiger partial charge in [0.15, 0.2) is 37.4 Å². The zero-order valence-corrected chi connectivity index (χ0v) is 43.7. The van der Waals surface area contributed by atoms with Crippen LogP contribution in [0.4, 0.5) is 0 Å². The predicted molar refractivity (Wildman–Crippen MR) is 235 cm³/mol. The average molecular weight is 1150 g/mol. The zero-order valence-electron chi connectivity index (χ0n) is 42.1. The van der Waals surface area contributed by atoms with E-state index in [4.69, 9.17) is 90.4 Å². The summed E-state index contributed by atoms with van der Waals surface area (Å²) in [7, 11) is -1.66. The van der Waals surface area contributed by atoms with Gasteiger partial charge in [-0.05, 0) is 13.0 Å². The number of nitrogens with two attached hydrogens (primary N) is 1. The highest BCUT2D eigenvalue weighted by molar-refractivity contribution is 7.81. The van der Waals surface area contributed by atoms with Gasteiger partial charge in [-0.3, -0.25) is 8.37 Å². The average Bonchev–Trinajstić information content (AvgIpc) is 3.37. The first kappa shape index (κ1) is 64.6. The number of hydrogen-bond acceptors (Lipinski definition) is 32. The van der Waals surface area contributed by atoms with Crippen LogP contribution in [0, 0.1) is 0 Å². The summed E-state index contributed by atoms with van der Waals surface area (Å²) in [5.74, 6) is -3.45. The Kier molecular flexibility index (Phi) is 24.2. The van der Waals surface area contributed by atoms with Gasteiger partial charge in [0, 0.05) is 56.9 Å². The molecule has 0 aromatic rings. The van der Waals surface area contributed by atoms with Crippen LogP contribution in [0.3, 0.4) is 0 Å². The lowest BCUT2D eigenvalue weighted by Crippen LogP contribution is -2.69. The number of aliphatic hydroxyl groups is 4. The molecule has 0 aliphatic carbocycles. The number of rotatable bonds is 27. The van der Waals surface area contributed by atoms with E-state index in [-0.39, 0.29) is 13.0 Å². The first-order valence-corrected chi connectivity index (χ1v) is 25.7. The molecule has 444 valence electrons. The lowest BCUT2D eigenvalue weighted by Gasteiger charge is -2.51. The monoisotopic (exact) mass is 1150 g/mol. The molecule has 0 spiro atoms. The molecule has 0 radical (unpaired) electrons. The Labute approximate surface area is 435 Å². The summed E-state index contributed by atoms with van der Waals surface area (Å²) in [4.78, 5) is 25.9. The Hall–Kier alpha value is -2.20. The highest BCUT2D eigenvalue weighted by Gasteiger charge is 2.60. The predicted octanol–water partition coefficient (Wildman–Crippen LogP) is -7.14. The first-order valence-electron chi connectivity index (χ1n) is 23.0. The molecule has 34 nitrogen and oxygen atoms in total. The van der Waals surface area contributed by atoms with Crippen molar-refractivity contribution in [3.63, 3.8) is 0 Å². The van der Waals surface area contributed by atoms with Gasteiger partial charge >= 0.3 is 11.9 Å². The Morgan fingerprint density at radius 2 is 0.842 bits per heavy atom. The highest BCUT2D eigenvalue weighted by Crippen LogP contribution is 2.39. The maximum atomic E-state index is 13.0. The lowest BCUT2D eigenvalue weighted by molar-refractivity contribution is -0.390. The summed E-state index contributed by atoms with van der Waals surface area (Å²) in [6.45, 7) is -2.94. The Balaban J connectivity index is 1.39. The summed E-state index contributed by atoms with van der Waals surface area (Å²) in [6.07, 6.45) is -42.1. The lowest BCUT2D eigenvalue weighted by atomic mass is 9.92. The van der Waals surface area contributed by atoms with E-state index in [1.165, 1.54) is 35.5 Å². The van der Waals surface area contributed by atoms with Crippen LogP contribution >= 0.6 is 0 Å². The van der Waals surface area contributed by atoms with Gasteiger partial charge in [0.25, 0.3) is 0 Å². The molecule has 0 saturated carbocycles. The highest BCUT2D eigenvalue weighted by atomic mass is 32.3. The van der Waals surface area contributed by atoms with Crippen LogP contribution in [0.1, 0.15) is 6.42 Å². The van der Waals surface area contributed by atoms with E-state index in [1.807, 2.05) is 0 Å². The second-order valence-corrected chi connectivity index (χ2v) is 19.5. The molecule has 36 heteroatoms. The number of aliphatic carboxylic acids is 2. The molecular weight excluding hydrogens is 1090 g/mol. The van der Waals surface area contributed by atoms with Crippen molar-refractivity contribution in [3.05, 3.63) is 0 Å². The normalized spacial score (nSPS) is 42.6. The molecule has 5 aliphatic rings. The van der Waals surface area contributed by atoms with Crippen molar-refractivity contribution >= 4 is 32.7 Å². The van der Waals surface area contributed by atoms with Crippen molar-refractivity contribution in [3.8, 4) is 0 Å². The fraction of sp³-hybridized carbons (Fsp3) is 0.950. The molecule has 0 bridgehead atoms. The van der Waals surface area contributed by atoms with Gasteiger partial charge in [-0.15, -0.1) is 0 Å². The SMILES string of the molecule is CO[C@@H]1[C@@H](OC)[C@H](O[C@H]2[C@H](O)[C@@H](O)[C@@H](O[C@H]3[C@H](OC)[C@@H](OC)[C@H](O[C@H]4[C@H](OS(=O)(=O)[O-])[C@@H](OC)[C@@H](CCN)O[C@@H]4COS(=O)(=O)[O-])O[C@H]3C(=O)O)O[C@@H]2CO)O[C@H](C(=O)O)[C@H]1O[C@H]1O[C@H](CO)[C@@H](OC)[C@H](OC)[C@H]1OC. The van der Waals surface area contributed by atoms with Gasteiger partial charge in [0.1, 0.15) is 110 Å². The third-order valence-corrected chi connectivity index (χ3v) is 14.1. The van der Waals surface area contributed by atoms with Gasteiger partial charge in [-0.2, -0.15) is 0 Å². The van der Waals surface area contributed by atoms with E-state index < -0.39 is 206 Å². The van der Waals surface area contributed by atoms with Crippen molar-refractivity contribution in [2.24, 2.45) is 5.73 Å². The quantitative estimate of drug-likeness (QED) is 0.0297. The van der Waals surface area contributed by atoms with Gasteiger partial charge in [-0.25, -0.2) is 26.4 Å². The van der Waals surface area contributed by atoms with Crippen LogP contribution in [-0.2, 0) is 119 Å². The molecular formula is C40H67NO33S2-2. The van der Waals surface area contributed by atoms with E-state index in [0.717, 1.165) is 21.3 Å².